The van der Waals surface area contributed by atoms with Crippen molar-refractivity contribution in [2.75, 3.05) is 19.7 Å². The third-order valence-electron chi connectivity index (χ3n) is 2.82. The molecule has 0 radical (unpaired) electrons. The summed E-state index contributed by atoms with van der Waals surface area (Å²) >= 11 is 1.52. The highest BCUT2D eigenvalue weighted by Gasteiger charge is 2.28. The van der Waals surface area contributed by atoms with Gasteiger partial charge in [0.1, 0.15) is 0 Å². The molecule has 18 heavy (non-hydrogen) atoms. The van der Waals surface area contributed by atoms with Gasteiger partial charge in [0.2, 0.25) is 0 Å². The molecular formula is C12H20F2N2OS. The summed E-state index contributed by atoms with van der Waals surface area (Å²) < 4.78 is 25.2. The summed E-state index contributed by atoms with van der Waals surface area (Å²) in [5, 5.41) is 11.0. The number of aliphatic hydroxyl groups is 1. The summed E-state index contributed by atoms with van der Waals surface area (Å²) in [6.07, 6.45) is -2.43. The number of aryl methyl sites for hydroxylation is 1. The Balaban J connectivity index is 2.97. The number of halogens is 2. The maximum atomic E-state index is 12.6. The van der Waals surface area contributed by atoms with Crippen LogP contribution in [0.1, 0.15) is 23.4 Å². The van der Waals surface area contributed by atoms with Crippen LogP contribution in [0.5, 0.6) is 0 Å². The van der Waals surface area contributed by atoms with Gasteiger partial charge in [-0.15, -0.1) is 11.3 Å². The van der Waals surface area contributed by atoms with Crippen LogP contribution in [0.15, 0.2) is 11.4 Å². The molecule has 1 aromatic rings. The predicted octanol–water partition coefficient (Wildman–Crippen LogP) is 2.00. The van der Waals surface area contributed by atoms with E-state index in [4.69, 9.17) is 10.8 Å². The fraction of sp³-hybridized carbons (Fsp3) is 0.667. The molecular weight excluding hydrogens is 258 g/mol. The van der Waals surface area contributed by atoms with E-state index in [1.54, 1.807) is 11.8 Å². The number of hydrogen-bond acceptors (Lipinski definition) is 4. The summed E-state index contributed by atoms with van der Waals surface area (Å²) in [6, 6.07) is 1.41. The third-order valence-corrected chi connectivity index (χ3v) is 3.91. The molecule has 104 valence electrons. The molecule has 2 atom stereocenters. The minimum absolute atomic E-state index is 0.152. The average Bonchev–Trinajstić information content (AvgIpc) is 2.64. The molecule has 0 aromatic carbocycles. The second-order valence-electron chi connectivity index (χ2n) is 4.38. The smallest absolute Gasteiger partial charge is 0.251 e. The first kappa shape index (κ1) is 15.5. The SMILES string of the molecule is Cc1ccsc1C(C(C)N)N(CCO)CC(F)F. The van der Waals surface area contributed by atoms with E-state index in [2.05, 4.69) is 0 Å². The van der Waals surface area contributed by atoms with Crippen molar-refractivity contribution >= 4 is 11.3 Å². The molecule has 0 aliphatic rings. The lowest BCUT2D eigenvalue weighted by Crippen LogP contribution is -2.43. The van der Waals surface area contributed by atoms with Crippen molar-refractivity contribution in [3.05, 3.63) is 21.9 Å². The van der Waals surface area contributed by atoms with Crippen LogP contribution in [0.4, 0.5) is 8.78 Å². The number of alkyl halides is 2. The maximum Gasteiger partial charge on any atom is 0.251 e. The second kappa shape index (κ2) is 7.13. The predicted molar refractivity (Wildman–Crippen MR) is 70.1 cm³/mol. The molecule has 3 nitrogen and oxygen atoms in total. The Labute approximate surface area is 110 Å². The number of nitrogens with two attached hydrogens (primary N) is 1. The fourth-order valence-corrected chi connectivity index (χ4v) is 3.25. The first-order valence-electron chi connectivity index (χ1n) is 5.90. The van der Waals surface area contributed by atoms with Crippen LogP contribution in [0, 0.1) is 6.92 Å². The molecule has 0 saturated heterocycles. The molecule has 6 heteroatoms. The van der Waals surface area contributed by atoms with Gasteiger partial charge in [0, 0.05) is 17.5 Å². The van der Waals surface area contributed by atoms with E-state index in [1.165, 1.54) is 11.3 Å². The van der Waals surface area contributed by atoms with Crippen LogP contribution in [-0.2, 0) is 0 Å². The minimum atomic E-state index is -2.43. The molecule has 0 bridgehead atoms. The Kier molecular flexibility index (Phi) is 6.14. The van der Waals surface area contributed by atoms with Gasteiger partial charge in [-0.1, -0.05) is 0 Å². The van der Waals surface area contributed by atoms with Gasteiger partial charge in [0.25, 0.3) is 6.43 Å². The number of hydrogen-bond donors (Lipinski definition) is 2. The molecule has 2 unspecified atom stereocenters. The molecule has 0 aliphatic heterocycles. The van der Waals surface area contributed by atoms with Gasteiger partial charge < -0.3 is 10.8 Å². The zero-order chi connectivity index (χ0) is 13.7. The minimum Gasteiger partial charge on any atom is -0.395 e. The van der Waals surface area contributed by atoms with Gasteiger partial charge >= 0.3 is 0 Å². The van der Waals surface area contributed by atoms with Gasteiger partial charge in [-0.3, -0.25) is 4.90 Å². The third kappa shape index (κ3) is 3.98. The Morgan fingerprint density at radius 2 is 2.17 bits per heavy atom. The first-order chi connectivity index (χ1) is 8.47. The van der Waals surface area contributed by atoms with E-state index in [-0.39, 0.29) is 31.8 Å². The summed E-state index contributed by atoms with van der Waals surface area (Å²) in [5.74, 6) is 0. The highest BCUT2D eigenvalue weighted by Crippen LogP contribution is 2.31. The van der Waals surface area contributed by atoms with Crippen LogP contribution in [0.2, 0.25) is 0 Å². The van der Waals surface area contributed by atoms with Gasteiger partial charge in [-0.25, -0.2) is 8.78 Å². The van der Waals surface area contributed by atoms with Crippen molar-refractivity contribution in [1.82, 2.24) is 4.90 Å². The summed E-state index contributed by atoms with van der Waals surface area (Å²) in [5.41, 5.74) is 7.00. The Morgan fingerprint density at radius 1 is 1.50 bits per heavy atom. The van der Waals surface area contributed by atoms with E-state index in [1.807, 2.05) is 18.4 Å². The van der Waals surface area contributed by atoms with Crippen molar-refractivity contribution < 1.29 is 13.9 Å². The Morgan fingerprint density at radius 3 is 2.56 bits per heavy atom. The molecule has 1 aromatic heterocycles. The molecule has 0 aliphatic carbocycles. The molecule has 0 fully saturated rings. The van der Waals surface area contributed by atoms with E-state index >= 15 is 0 Å². The summed E-state index contributed by atoms with van der Waals surface area (Å²) in [6.45, 7) is 3.43. The monoisotopic (exact) mass is 278 g/mol. The van der Waals surface area contributed by atoms with E-state index < -0.39 is 6.43 Å². The van der Waals surface area contributed by atoms with Crippen LogP contribution >= 0.6 is 11.3 Å². The topological polar surface area (TPSA) is 49.5 Å². The van der Waals surface area contributed by atoms with Crippen molar-refractivity contribution in [1.29, 1.82) is 0 Å². The lowest BCUT2D eigenvalue weighted by atomic mass is 10.0. The summed E-state index contributed by atoms with van der Waals surface area (Å²) in [4.78, 5) is 2.56. The number of thiophene rings is 1. The van der Waals surface area contributed by atoms with Gasteiger partial charge in [-0.05, 0) is 30.9 Å². The van der Waals surface area contributed by atoms with Crippen LogP contribution in [0.3, 0.4) is 0 Å². The van der Waals surface area contributed by atoms with Crippen LogP contribution in [0.25, 0.3) is 0 Å². The largest absolute Gasteiger partial charge is 0.395 e. The molecule has 3 N–H and O–H groups in total. The highest BCUT2D eigenvalue weighted by atomic mass is 32.1. The number of aliphatic hydroxyl groups excluding tert-OH is 1. The van der Waals surface area contributed by atoms with Gasteiger partial charge in [0.05, 0.1) is 19.2 Å². The Hall–Kier alpha value is -0.560. The van der Waals surface area contributed by atoms with E-state index in [9.17, 15) is 8.78 Å². The maximum absolute atomic E-state index is 12.6. The van der Waals surface area contributed by atoms with Crippen molar-refractivity contribution in [3.63, 3.8) is 0 Å². The molecule has 0 spiro atoms. The fourth-order valence-electron chi connectivity index (χ4n) is 2.07. The van der Waals surface area contributed by atoms with Crippen molar-refractivity contribution in [2.45, 2.75) is 32.4 Å². The summed E-state index contributed by atoms with van der Waals surface area (Å²) in [7, 11) is 0. The van der Waals surface area contributed by atoms with Crippen LogP contribution < -0.4 is 5.73 Å². The van der Waals surface area contributed by atoms with Crippen LogP contribution in [-0.4, -0.2) is 42.2 Å². The zero-order valence-electron chi connectivity index (χ0n) is 10.6. The van der Waals surface area contributed by atoms with E-state index in [0.29, 0.717) is 0 Å². The molecule has 0 amide bonds. The normalized spacial score (nSPS) is 15.3. The molecule has 1 heterocycles. The van der Waals surface area contributed by atoms with E-state index in [0.717, 1.165) is 10.4 Å². The number of rotatable bonds is 7. The zero-order valence-corrected chi connectivity index (χ0v) is 11.5. The van der Waals surface area contributed by atoms with Gasteiger partial charge in [-0.2, -0.15) is 0 Å². The lowest BCUT2D eigenvalue weighted by Gasteiger charge is -2.33. The number of nitrogens with zero attached hydrogens (tertiary/aromatic N) is 1. The Bertz CT molecular complexity index is 358. The molecule has 0 saturated carbocycles. The van der Waals surface area contributed by atoms with Gasteiger partial charge in [0.15, 0.2) is 0 Å². The first-order valence-corrected chi connectivity index (χ1v) is 6.78. The standard InChI is InChI=1S/C12H20F2N2OS/c1-8-3-6-18-12(8)11(9(2)15)16(4-5-17)7-10(13)14/h3,6,9-11,17H,4-5,7,15H2,1-2H3. The second-order valence-corrected chi connectivity index (χ2v) is 5.33. The average molecular weight is 278 g/mol. The lowest BCUT2D eigenvalue weighted by molar-refractivity contribution is 0.0495. The quantitative estimate of drug-likeness (QED) is 0.802. The van der Waals surface area contributed by atoms with Crippen molar-refractivity contribution in [3.8, 4) is 0 Å². The highest BCUT2D eigenvalue weighted by molar-refractivity contribution is 7.10. The molecule has 1 rings (SSSR count). The van der Waals surface area contributed by atoms with Crippen molar-refractivity contribution in [2.24, 2.45) is 5.73 Å².